The van der Waals surface area contributed by atoms with Gasteiger partial charge in [0, 0.05) is 0 Å². The number of anilines is 1. The van der Waals surface area contributed by atoms with E-state index in [1.54, 1.807) is 7.05 Å². The number of hydrogen-bond donors (Lipinski definition) is 2. The number of carbonyl (C=O) groups is 1. The van der Waals surface area contributed by atoms with Crippen molar-refractivity contribution in [2.45, 2.75) is 13.3 Å². The van der Waals surface area contributed by atoms with Crippen LogP contribution in [-0.2, 0) is 6.42 Å². The molecule has 72 valence electrons. The molecule has 1 rings (SSSR count). The fourth-order valence-electron chi connectivity index (χ4n) is 1.03. The van der Waals surface area contributed by atoms with Gasteiger partial charge in [0.15, 0.2) is 0 Å². The van der Waals surface area contributed by atoms with Gasteiger partial charge in [-0.3, -0.25) is 4.79 Å². The predicted molar refractivity (Wildman–Crippen MR) is 48.6 cm³/mol. The number of likely N-dealkylation sites (N-methyl/N-ethyl adjacent to an activating group) is 1. The first-order chi connectivity index (χ1) is 6.20. The highest BCUT2D eigenvalue weighted by Crippen LogP contribution is 2.17. The zero-order valence-corrected chi connectivity index (χ0v) is 7.76. The van der Waals surface area contributed by atoms with Crippen LogP contribution in [0.5, 0.6) is 0 Å². The molecule has 0 aliphatic rings. The first-order valence-corrected chi connectivity index (χ1v) is 4.12. The van der Waals surface area contributed by atoms with Crippen molar-refractivity contribution in [1.82, 2.24) is 10.5 Å². The molecule has 0 spiro atoms. The molecule has 0 aromatic carbocycles. The normalized spacial score (nSPS) is 10.3. The van der Waals surface area contributed by atoms with Gasteiger partial charge in [-0.15, -0.1) is 0 Å². The Labute approximate surface area is 76.3 Å². The maximum Gasteiger partial charge on any atom is 0.226 e. The van der Waals surface area contributed by atoms with Crippen molar-refractivity contribution in [3.63, 3.8) is 0 Å². The van der Waals surface area contributed by atoms with Crippen LogP contribution in [0, 0.1) is 0 Å². The van der Waals surface area contributed by atoms with Gasteiger partial charge in [0.1, 0.15) is 11.4 Å². The molecule has 13 heavy (non-hydrogen) atoms. The van der Waals surface area contributed by atoms with Crippen LogP contribution in [-0.4, -0.2) is 24.5 Å². The van der Waals surface area contributed by atoms with Crippen LogP contribution in [0.3, 0.4) is 0 Å². The summed E-state index contributed by atoms with van der Waals surface area (Å²) in [6.45, 7) is 2.11. The van der Waals surface area contributed by atoms with Gasteiger partial charge in [-0.1, -0.05) is 12.1 Å². The lowest BCUT2D eigenvalue weighted by molar-refractivity contribution is 0.0959. The Morgan fingerprint density at radius 3 is 2.85 bits per heavy atom. The van der Waals surface area contributed by atoms with Crippen molar-refractivity contribution in [2.75, 3.05) is 19.3 Å². The summed E-state index contributed by atoms with van der Waals surface area (Å²) in [4.78, 5) is 11.3. The van der Waals surface area contributed by atoms with Crippen molar-refractivity contribution in [3.8, 4) is 0 Å². The zero-order valence-electron chi connectivity index (χ0n) is 7.76. The van der Waals surface area contributed by atoms with E-state index in [4.69, 9.17) is 10.3 Å². The van der Waals surface area contributed by atoms with E-state index in [2.05, 4.69) is 10.5 Å². The summed E-state index contributed by atoms with van der Waals surface area (Å²) in [6, 6.07) is 0. The number of aryl methyl sites for hydroxylation is 1. The molecule has 5 heteroatoms. The summed E-state index contributed by atoms with van der Waals surface area (Å²) in [5, 5.41) is 6.42. The fourth-order valence-corrected chi connectivity index (χ4v) is 1.03. The smallest absolute Gasteiger partial charge is 0.226 e. The van der Waals surface area contributed by atoms with Gasteiger partial charge in [-0.2, -0.15) is 0 Å². The number of aromatic nitrogens is 1. The third-order valence-corrected chi connectivity index (χ3v) is 1.73. The average molecular weight is 183 g/mol. The van der Waals surface area contributed by atoms with E-state index < -0.39 is 0 Å². The molecule has 0 bridgehead atoms. The van der Waals surface area contributed by atoms with E-state index >= 15 is 0 Å². The second-order valence-corrected chi connectivity index (χ2v) is 2.68. The maximum absolute atomic E-state index is 11.3. The van der Waals surface area contributed by atoms with Gasteiger partial charge in [0.2, 0.25) is 11.5 Å². The van der Waals surface area contributed by atoms with E-state index in [9.17, 15) is 4.79 Å². The topological polar surface area (TPSA) is 81.2 Å². The van der Waals surface area contributed by atoms with Crippen LogP contribution < -0.4 is 11.1 Å². The molecule has 0 aliphatic carbocycles. The standard InChI is InChI=1S/C8H13N3O2/c1-3-5-7(9)8(13-11-5)6(12)4-10-2/h10H,3-4,9H2,1-2H3. The van der Waals surface area contributed by atoms with Crippen LogP contribution >= 0.6 is 0 Å². The van der Waals surface area contributed by atoms with Crippen molar-refractivity contribution >= 4 is 11.5 Å². The Bertz CT molecular complexity index is 306. The summed E-state index contributed by atoms with van der Waals surface area (Å²) < 4.78 is 4.84. The third kappa shape index (κ3) is 1.86. The summed E-state index contributed by atoms with van der Waals surface area (Å²) in [5.41, 5.74) is 6.64. The lowest BCUT2D eigenvalue weighted by Gasteiger charge is -1.95. The minimum Gasteiger partial charge on any atom is -0.394 e. The molecule has 0 fully saturated rings. The molecule has 0 radical (unpaired) electrons. The molecule has 0 atom stereocenters. The molecule has 0 unspecified atom stereocenters. The summed E-state index contributed by atoms with van der Waals surface area (Å²) in [7, 11) is 1.69. The first-order valence-electron chi connectivity index (χ1n) is 4.12. The Balaban J connectivity index is 2.89. The number of rotatable bonds is 4. The third-order valence-electron chi connectivity index (χ3n) is 1.73. The highest BCUT2D eigenvalue weighted by atomic mass is 16.5. The molecule has 1 aromatic rings. The summed E-state index contributed by atoms with van der Waals surface area (Å²) in [6.07, 6.45) is 0.669. The van der Waals surface area contributed by atoms with Crippen LogP contribution in [0.2, 0.25) is 0 Å². The van der Waals surface area contributed by atoms with Gasteiger partial charge in [0.05, 0.1) is 6.54 Å². The lowest BCUT2D eigenvalue weighted by Crippen LogP contribution is -2.19. The van der Waals surface area contributed by atoms with Gasteiger partial charge >= 0.3 is 0 Å². The number of nitrogens with one attached hydrogen (secondary N) is 1. The Hall–Kier alpha value is -1.36. The highest BCUT2D eigenvalue weighted by Gasteiger charge is 2.17. The van der Waals surface area contributed by atoms with Crippen LogP contribution in [0.4, 0.5) is 5.69 Å². The minimum absolute atomic E-state index is 0.159. The quantitative estimate of drug-likeness (QED) is 0.653. The second kappa shape index (κ2) is 4.04. The number of ketones is 1. The number of nitrogens with two attached hydrogens (primary N) is 1. The highest BCUT2D eigenvalue weighted by molar-refractivity contribution is 5.99. The van der Waals surface area contributed by atoms with Crippen LogP contribution in [0.25, 0.3) is 0 Å². The number of Topliss-reactive ketones (excluding diaryl/α,β-unsaturated/α-hetero) is 1. The lowest BCUT2D eigenvalue weighted by atomic mass is 10.2. The number of nitrogens with zero attached hydrogens (tertiary/aromatic N) is 1. The molecule has 3 N–H and O–H groups in total. The monoisotopic (exact) mass is 183 g/mol. The molecule has 0 amide bonds. The van der Waals surface area contributed by atoms with Crippen molar-refractivity contribution in [1.29, 1.82) is 0 Å². The van der Waals surface area contributed by atoms with Crippen LogP contribution in [0.15, 0.2) is 4.52 Å². The maximum atomic E-state index is 11.3. The first kappa shape index (κ1) is 9.73. The number of nitrogen functional groups attached to an aromatic ring is 1. The average Bonchev–Trinajstić information content (AvgIpc) is 2.47. The van der Waals surface area contributed by atoms with Crippen molar-refractivity contribution < 1.29 is 9.32 Å². The molecule has 5 nitrogen and oxygen atoms in total. The zero-order chi connectivity index (χ0) is 9.84. The van der Waals surface area contributed by atoms with E-state index in [1.165, 1.54) is 0 Å². The van der Waals surface area contributed by atoms with E-state index in [1.807, 2.05) is 6.92 Å². The van der Waals surface area contributed by atoms with Crippen molar-refractivity contribution in [2.24, 2.45) is 0 Å². The van der Waals surface area contributed by atoms with Crippen LogP contribution in [0.1, 0.15) is 23.2 Å². The Morgan fingerprint density at radius 1 is 1.69 bits per heavy atom. The Kier molecular flexibility index (Phi) is 3.02. The minimum atomic E-state index is -0.174. The summed E-state index contributed by atoms with van der Waals surface area (Å²) in [5.74, 6) is -0.0154. The molecule has 0 saturated heterocycles. The summed E-state index contributed by atoms with van der Waals surface area (Å²) >= 11 is 0. The largest absolute Gasteiger partial charge is 0.394 e. The predicted octanol–water partition coefficient (Wildman–Crippen LogP) is 0.221. The van der Waals surface area contributed by atoms with Crippen molar-refractivity contribution in [3.05, 3.63) is 11.5 Å². The Morgan fingerprint density at radius 2 is 2.38 bits per heavy atom. The SMILES string of the molecule is CCc1noc(C(=O)CNC)c1N. The van der Waals surface area contributed by atoms with E-state index in [0.29, 0.717) is 17.8 Å². The fraction of sp³-hybridized carbons (Fsp3) is 0.500. The van der Waals surface area contributed by atoms with Gasteiger partial charge < -0.3 is 15.6 Å². The number of hydrogen-bond acceptors (Lipinski definition) is 5. The number of carbonyl (C=O) groups excluding carboxylic acids is 1. The molecular formula is C8H13N3O2. The van der Waals surface area contributed by atoms with Gasteiger partial charge in [-0.05, 0) is 13.5 Å². The van der Waals surface area contributed by atoms with E-state index in [-0.39, 0.29) is 18.1 Å². The molecular weight excluding hydrogens is 170 g/mol. The second-order valence-electron chi connectivity index (χ2n) is 2.68. The van der Waals surface area contributed by atoms with Gasteiger partial charge in [-0.25, -0.2) is 0 Å². The molecule has 0 saturated carbocycles. The van der Waals surface area contributed by atoms with Gasteiger partial charge in [0.25, 0.3) is 0 Å². The van der Waals surface area contributed by atoms with E-state index in [0.717, 1.165) is 0 Å². The molecule has 0 aliphatic heterocycles. The molecule has 1 heterocycles. The molecule has 1 aromatic heterocycles.